The van der Waals surface area contributed by atoms with E-state index in [0.29, 0.717) is 0 Å². The van der Waals surface area contributed by atoms with Crippen molar-refractivity contribution in [2.45, 2.75) is 0 Å². The molecule has 0 rings (SSSR count). The monoisotopic (exact) mass is 236 g/mol. The standard InChI is InChI=1S/Co.K.3HNO2/c;;3*2-1-3/h;;3*(H,2,3)/q+2;+1;;;/p-3. The Morgan fingerprint density at radius 2 is 0.727 bits per heavy atom. The van der Waals surface area contributed by atoms with Gasteiger partial charge in [-0.1, -0.05) is 0 Å². The second kappa shape index (κ2) is 80.8. The molecule has 11 heteroatoms. The van der Waals surface area contributed by atoms with Crippen LogP contribution in [0.3, 0.4) is 0 Å². The van der Waals surface area contributed by atoms with Crippen LogP contribution in [-0.2, 0) is 16.8 Å². The quantitative estimate of drug-likeness (QED) is 0.262. The summed E-state index contributed by atoms with van der Waals surface area (Å²) in [5.74, 6) is 0. The van der Waals surface area contributed by atoms with E-state index in [-0.39, 0.29) is 68.2 Å². The molecule has 0 aliphatic heterocycles. The molecule has 11 heavy (non-hydrogen) atoms. The first-order chi connectivity index (χ1) is 4.24. The first-order valence-corrected chi connectivity index (χ1v) is 1.10. The molecule has 0 aliphatic carbocycles. The molecule has 9 nitrogen and oxygen atoms in total. The van der Waals surface area contributed by atoms with Gasteiger partial charge in [0.1, 0.15) is 0 Å². The van der Waals surface area contributed by atoms with E-state index >= 15 is 0 Å². The average molecular weight is 236 g/mol. The van der Waals surface area contributed by atoms with Crippen molar-refractivity contribution in [1.82, 2.24) is 0 Å². The Morgan fingerprint density at radius 3 is 0.727 bits per heavy atom. The molecule has 0 amide bonds. The van der Waals surface area contributed by atoms with Gasteiger partial charge in [-0.05, 0) is 0 Å². The van der Waals surface area contributed by atoms with E-state index in [1.165, 1.54) is 0 Å². The third kappa shape index (κ3) is 6120. The maximum absolute atomic E-state index is 8.00. The van der Waals surface area contributed by atoms with Crippen molar-refractivity contribution < 1.29 is 68.2 Å². The molecule has 0 bridgehead atoms. The molecule has 0 saturated heterocycles. The van der Waals surface area contributed by atoms with Crippen molar-refractivity contribution in [2.75, 3.05) is 0 Å². The zero-order chi connectivity index (χ0) is 8.12. The fraction of sp³-hybridized carbons (Fsp3) is 0. The van der Waals surface area contributed by atoms with E-state index in [0.717, 1.165) is 16.0 Å². The Labute approximate surface area is 113 Å². The van der Waals surface area contributed by atoms with Gasteiger partial charge in [-0.3, -0.25) is 0 Å². The molecule has 0 N–H and O–H groups in total. The van der Waals surface area contributed by atoms with Gasteiger partial charge in [-0.25, -0.2) is 0 Å². The Hall–Kier alpha value is 0.343. The van der Waals surface area contributed by atoms with Crippen LogP contribution < -0.4 is 51.4 Å². The topological polar surface area (TPSA) is 157 Å². The second-order valence-corrected chi connectivity index (χ2v) is 0.224. The van der Waals surface area contributed by atoms with Crippen LogP contribution in [0.5, 0.6) is 0 Å². The van der Waals surface area contributed by atoms with Crippen LogP contribution in [0.1, 0.15) is 0 Å². The Balaban J connectivity index is -0.0000000150. The largest absolute Gasteiger partial charge is 2.00 e. The first kappa shape index (κ1) is 30.2. The number of nitrogens with zero attached hydrogens (tertiary/aromatic N) is 3. The van der Waals surface area contributed by atoms with Gasteiger partial charge in [0.05, 0.1) is 0 Å². The minimum atomic E-state index is 0. The van der Waals surface area contributed by atoms with Crippen molar-refractivity contribution >= 4 is 0 Å². The van der Waals surface area contributed by atoms with Crippen molar-refractivity contribution in [1.29, 1.82) is 0 Å². The van der Waals surface area contributed by atoms with Crippen molar-refractivity contribution in [2.24, 2.45) is 16.0 Å². The number of hydrogen-bond acceptors (Lipinski definition) is 9. The third-order valence-electron chi connectivity index (χ3n) is 0. The van der Waals surface area contributed by atoms with E-state index in [9.17, 15) is 0 Å². The van der Waals surface area contributed by atoms with Gasteiger partial charge in [0.15, 0.2) is 0 Å². The normalized spacial score (nSPS) is 3.27. The van der Waals surface area contributed by atoms with Crippen LogP contribution in [0.4, 0.5) is 0 Å². The van der Waals surface area contributed by atoms with Crippen LogP contribution >= 0.6 is 0 Å². The summed E-state index contributed by atoms with van der Waals surface area (Å²) < 4.78 is 0. The molecule has 0 aromatic rings. The molecule has 0 heterocycles. The maximum Gasteiger partial charge on any atom is 2.00 e. The maximum atomic E-state index is 8.00. The zero-order valence-electron chi connectivity index (χ0n) is 5.12. The Bertz CT molecular complexity index is 54.6. The first-order valence-electron chi connectivity index (χ1n) is 1.10. The van der Waals surface area contributed by atoms with Crippen LogP contribution in [-0.4, -0.2) is 0 Å². The Kier molecular flexibility index (Phi) is 222. The minimum Gasteiger partial charge on any atom is -0.444 e. The molecular weight excluding hydrogens is 236 g/mol. The summed E-state index contributed by atoms with van der Waals surface area (Å²) in [5, 5.41) is 27.0. The molecule has 61 valence electrons. The van der Waals surface area contributed by atoms with E-state index in [1.807, 2.05) is 0 Å². The third-order valence-corrected chi connectivity index (χ3v) is 0. The predicted octanol–water partition coefficient (Wildman–Crippen LogP) is -2.25. The molecule has 1 radical (unpaired) electrons. The van der Waals surface area contributed by atoms with Crippen LogP contribution in [0.2, 0.25) is 0 Å². The summed E-state index contributed by atoms with van der Waals surface area (Å²) in [5.41, 5.74) is 0. The summed E-state index contributed by atoms with van der Waals surface area (Å²) in [6.07, 6.45) is 0. The van der Waals surface area contributed by atoms with E-state index in [4.69, 9.17) is 30.3 Å². The van der Waals surface area contributed by atoms with Gasteiger partial charge in [0.2, 0.25) is 0 Å². The fourth-order valence-electron chi connectivity index (χ4n) is 0. The van der Waals surface area contributed by atoms with Gasteiger partial charge >= 0.3 is 68.2 Å². The van der Waals surface area contributed by atoms with Crippen LogP contribution in [0.25, 0.3) is 0 Å². The van der Waals surface area contributed by atoms with E-state index < -0.39 is 0 Å². The number of rotatable bonds is 0. The zero-order valence-corrected chi connectivity index (χ0v) is 9.29. The summed E-state index contributed by atoms with van der Waals surface area (Å²) in [7, 11) is 0. The van der Waals surface area contributed by atoms with Crippen molar-refractivity contribution in [3.8, 4) is 0 Å². The number of hydrogen-bond donors (Lipinski definition) is 0. The molecule has 0 aliphatic rings. The summed E-state index contributed by atoms with van der Waals surface area (Å²) in [6, 6.07) is 0. The van der Waals surface area contributed by atoms with Crippen molar-refractivity contribution in [3.63, 3.8) is 0 Å². The van der Waals surface area contributed by atoms with Gasteiger partial charge in [-0.15, -0.1) is 16.0 Å². The molecule has 0 fully saturated rings. The van der Waals surface area contributed by atoms with Gasteiger partial charge in [-0.2, -0.15) is 0 Å². The van der Waals surface area contributed by atoms with E-state index in [2.05, 4.69) is 0 Å². The van der Waals surface area contributed by atoms with Crippen LogP contribution in [0, 0.1) is 30.3 Å². The second-order valence-electron chi connectivity index (χ2n) is 0.224. The molecule has 0 aromatic heterocycles. The average Bonchev–Trinajstić information content (AvgIpc) is 1.70. The minimum absolute atomic E-state index is 0. The summed E-state index contributed by atoms with van der Waals surface area (Å²) in [4.78, 5) is 24.0. The van der Waals surface area contributed by atoms with E-state index in [1.54, 1.807) is 0 Å². The van der Waals surface area contributed by atoms with Gasteiger partial charge < -0.3 is 30.3 Å². The molecule has 0 spiro atoms. The molecule has 0 aromatic carbocycles. The van der Waals surface area contributed by atoms with Crippen molar-refractivity contribution in [3.05, 3.63) is 30.3 Å². The summed E-state index contributed by atoms with van der Waals surface area (Å²) in [6.45, 7) is 0. The molecule has 0 atom stereocenters. The molecule has 0 saturated carbocycles. The fourth-order valence-corrected chi connectivity index (χ4v) is 0. The van der Waals surface area contributed by atoms with Crippen LogP contribution in [0.15, 0.2) is 16.0 Å². The predicted molar refractivity (Wildman–Crippen MR) is 27.5 cm³/mol. The Morgan fingerprint density at radius 1 is 0.727 bits per heavy atom. The molecule has 0 unspecified atom stereocenters. The van der Waals surface area contributed by atoms with Gasteiger partial charge in [0.25, 0.3) is 0 Å². The van der Waals surface area contributed by atoms with Gasteiger partial charge in [0, 0.05) is 0 Å². The molecular formula is CoKN3O6. The smallest absolute Gasteiger partial charge is 0.444 e. The SMILES string of the molecule is O=N[O-].O=N[O-].O=N[O-].[Co+2].[K+]. The summed E-state index contributed by atoms with van der Waals surface area (Å²) >= 11 is 0.